The lowest BCUT2D eigenvalue weighted by molar-refractivity contribution is -0.126. The molecule has 6 nitrogen and oxygen atoms in total. The van der Waals surface area contributed by atoms with Gasteiger partial charge in [-0.15, -0.1) is 0 Å². The summed E-state index contributed by atoms with van der Waals surface area (Å²) in [6, 6.07) is 15.5. The number of benzene rings is 2. The van der Waals surface area contributed by atoms with Crippen molar-refractivity contribution in [3.63, 3.8) is 0 Å². The van der Waals surface area contributed by atoms with Crippen molar-refractivity contribution in [3.8, 4) is 0 Å². The van der Waals surface area contributed by atoms with Gasteiger partial charge in [0.1, 0.15) is 5.82 Å². The molecule has 2 heterocycles. The van der Waals surface area contributed by atoms with Gasteiger partial charge in [0.2, 0.25) is 5.91 Å². The quantitative estimate of drug-likeness (QED) is 0.666. The van der Waals surface area contributed by atoms with Crippen LogP contribution in [-0.2, 0) is 17.9 Å². The average Bonchev–Trinajstić information content (AvgIpc) is 3.31. The van der Waals surface area contributed by atoms with Crippen LogP contribution < -0.4 is 5.32 Å². The fourth-order valence-corrected chi connectivity index (χ4v) is 3.83. The van der Waals surface area contributed by atoms with Crippen LogP contribution in [0.5, 0.6) is 0 Å². The molecule has 0 saturated carbocycles. The Labute approximate surface area is 180 Å². The highest BCUT2D eigenvalue weighted by molar-refractivity contribution is 5.94. The summed E-state index contributed by atoms with van der Waals surface area (Å²) in [5, 5.41) is 7.20. The summed E-state index contributed by atoms with van der Waals surface area (Å²) in [6.07, 6.45) is 5.20. The van der Waals surface area contributed by atoms with Gasteiger partial charge in [-0.2, -0.15) is 5.10 Å². The molecule has 0 unspecified atom stereocenters. The molecule has 1 N–H and O–H groups in total. The fourth-order valence-electron chi connectivity index (χ4n) is 3.83. The monoisotopic (exact) mass is 420 g/mol. The highest BCUT2D eigenvalue weighted by atomic mass is 19.1. The van der Waals surface area contributed by atoms with Crippen LogP contribution in [0.1, 0.15) is 34.3 Å². The number of rotatable bonds is 6. The van der Waals surface area contributed by atoms with Crippen LogP contribution in [0.15, 0.2) is 67.0 Å². The number of hydrogen-bond acceptors (Lipinski definition) is 3. The van der Waals surface area contributed by atoms with E-state index in [1.54, 1.807) is 11.1 Å². The summed E-state index contributed by atoms with van der Waals surface area (Å²) in [4.78, 5) is 27.0. The molecule has 1 aliphatic heterocycles. The molecule has 1 aromatic heterocycles. The summed E-state index contributed by atoms with van der Waals surface area (Å²) in [5.41, 5.74) is 2.60. The first kappa shape index (κ1) is 20.8. The van der Waals surface area contributed by atoms with E-state index in [2.05, 4.69) is 10.4 Å². The third kappa shape index (κ3) is 5.36. The number of nitrogens with zero attached hydrogens (tertiary/aromatic N) is 3. The van der Waals surface area contributed by atoms with E-state index in [9.17, 15) is 14.0 Å². The molecule has 2 amide bonds. The molecule has 1 aliphatic rings. The molecule has 0 bridgehead atoms. The molecule has 1 saturated heterocycles. The van der Waals surface area contributed by atoms with Crippen LogP contribution in [0.4, 0.5) is 4.39 Å². The standard InChI is InChI=1S/C24H25FN4O2/c25-22-10-8-20(9-11-22)24(31)28-13-1-3-21(17-28)23(30)26-15-18-4-6-19(7-5-18)16-29-14-2-12-27-29/h2,4-12,14,21H,1,3,13,15-17H2,(H,26,30)/t21-/m0/s1. The Bertz CT molecular complexity index is 1020. The molecule has 3 aromatic rings. The van der Waals surface area contributed by atoms with Gasteiger partial charge in [0.05, 0.1) is 12.5 Å². The number of carbonyl (C=O) groups excluding carboxylic acids is 2. The zero-order valence-corrected chi connectivity index (χ0v) is 17.2. The van der Waals surface area contributed by atoms with Crippen molar-refractivity contribution < 1.29 is 14.0 Å². The van der Waals surface area contributed by atoms with Crippen LogP contribution in [0.2, 0.25) is 0 Å². The highest BCUT2D eigenvalue weighted by Crippen LogP contribution is 2.19. The summed E-state index contributed by atoms with van der Waals surface area (Å²) in [5.74, 6) is -0.818. The van der Waals surface area contributed by atoms with Crippen LogP contribution in [0.25, 0.3) is 0 Å². The zero-order chi connectivity index (χ0) is 21.6. The molecule has 0 radical (unpaired) electrons. The topological polar surface area (TPSA) is 67.2 Å². The minimum absolute atomic E-state index is 0.0442. The predicted molar refractivity (Wildman–Crippen MR) is 115 cm³/mol. The number of nitrogens with one attached hydrogen (secondary N) is 1. The van der Waals surface area contributed by atoms with E-state index in [0.717, 1.165) is 24.0 Å². The number of aromatic nitrogens is 2. The van der Waals surface area contributed by atoms with Crippen molar-refractivity contribution in [2.24, 2.45) is 5.92 Å². The zero-order valence-electron chi connectivity index (χ0n) is 17.2. The van der Waals surface area contributed by atoms with Gasteiger partial charge in [0.15, 0.2) is 0 Å². The Morgan fingerprint density at radius 1 is 1.06 bits per heavy atom. The number of halogens is 1. The smallest absolute Gasteiger partial charge is 0.253 e. The van der Waals surface area contributed by atoms with Crippen molar-refractivity contribution in [2.45, 2.75) is 25.9 Å². The van der Waals surface area contributed by atoms with E-state index in [1.807, 2.05) is 41.2 Å². The van der Waals surface area contributed by atoms with Crippen LogP contribution in [-0.4, -0.2) is 39.6 Å². The lowest BCUT2D eigenvalue weighted by Crippen LogP contribution is -2.45. The van der Waals surface area contributed by atoms with Gasteiger partial charge in [0.25, 0.3) is 5.91 Å². The Kier molecular flexibility index (Phi) is 6.40. The second kappa shape index (κ2) is 9.55. The van der Waals surface area contributed by atoms with Gasteiger partial charge in [-0.05, 0) is 54.3 Å². The summed E-state index contributed by atoms with van der Waals surface area (Å²) in [7, 11) is 0. The van der Waals surface area contributed by atoms with E-state index in [1.165, 1.54) is 24.3 Å². The molecule has 2 aromatic carbocycles. The van der Waals surface area contributed by atoms with E-state index in [-0.39, 0.29) is 23.5 Å². The number of carbonyl (C=O) groups is 2. The SMILES string of the molecule is O=C(NCc1ccc(Cn2cccn2)cc1)[C@H]1CCCN(C(=O)c2ccc(F)cc2)C1. The third-order valence-corrected chi connectivity index (χ3v) is 5.56. The first-order valence-electron chi connectivity index (χ1n) is 10.5. The van der Waals surface area contributed by atoms with Gasteiger partial charge < -0.3 is 10.2 Å². The first-order chi connectivity index (χ1) is 15.1. The molecule has 0 aliphatic carbocycles. The van der Waals surface area contributed by atoms with Crippen molar-refractivity contribution >= 4 is 11.8 Å². The van der Waals surface area contributed by atoms with E-state index in [0.29, 0.717) is 31.7 Å². The van der Waals surface area contributed by atoms with Crippen LogP contribution >= 0.6 is 0 Å². The van der Waals surface area contributed by atoms with Crippen LogP contribution in [0.3, 0.4) is 0 Å². The van der Waals surface area contributed by atoms with Gasteiger partial charge in [0, 0.05) is 37.6 Å². The van der Waals surface area contributed by atoms with Crippen LogP contribution in [0, 0.1) is 11.7 Å². The summed E-state index contributed by atoms with van der Waals surface area (Å²) >= 11 is 0. The molecule has 4 rings (SSSR count). The maximum absolute atomic E-state index is 13.1. The lowest BCUT2D eigenvalue weighted by Gasteiger charge is -2.32. The van der Waals surface area contributed by atoms with Crippen molar-refractivity contribution in [1.82, 2.24) is 20.0 Å². The van der Waals surface area contributed by atoms with Gasteiger partial charge >= 0.3 is 0 Å². The lowest BCUT2D eigenvalue weighted by atomic mass is 9.96. The maximum atomic E-state index is 13.1. The van der Waals surface area contributed by atoms with E-state index < -0.39 is 0 Å². The largest absolute Gasteiger partial charge is 0.352 e. The van der Waals surface area contributed by atoms with Gasteiger partial charge in [-0.25, -0.2) is 4.39 Å². The predicted octanol–water partition coefficient (Wildman–Crippen LogP) is 3.24. The molecule has 7 heteroatoms. The minimum Gasteiger partial charge on any atom is -0.352 e. The second-order valence-electron chi connectivity index (χ2n) is 7.84. The van der Waals surface area contributed by atoms with Gasteiger partial charge in [-0.3, -0.25) is 14.3 Å². The number of amides is 2. The molecule has 160 valence electrons. The number of hydrogen-bond donors (Lipinski definition) is 1. The highest BCUT2D eigenvalue weighted by Gasteiger charge is 2.28. The van der Waals surface area contributed by atoms with E-state index >= 15 is 0 Å². The Morgan fingerprint density at radius 2 is 1.81 bits per heavy atom. The molecule has 31 heavy (non-hydrogen) atoms. The summed E-state index contributed by atoms with van der Waals surface area (Å²) < 4.78 is 15.0. The minimum atomic E-state index is -0.373. The fraction of sp³-hybridized carbons (Fsp3) is 0.292. The third-order valence-electron chi connectivity index (χ3n) is 5.56. The Morgan fingerprint density at radius 3 is 2.52 bits per heavy atom. The molecule has 0 spiro atoms. The Hall–Kier alpha value is -3.48. The van der Waals surface area contributed by atoms with E-state index in [4.69, 9.17) is 0 Å². The molecular weight excluding hydrogens is 395 g/mol. The molecule has 1 fully saturated rings. The molecular formula is C24H25FN4O2. The first-order valence-corrected chi connectivity index (χ1v) is 10.5. The average molecular weight is 420 g/mol. The van der Waals surface area contributed by atoms with Crippen molar-refractivity contribution in [2.75, 3.05) is 13.1 Å². The van der Waals surface area contributed by atoms with Crippen molar-refractivity contribution in [3.05, 3.63) is 89.5 Å². The second-order valence-corrected chi connectivity index (χ2v) is 7.84. The number of likely N-dealkylation sites (tertiary alicyclic amines) is 1. The Balaban J connectivity index is 1.29. The van der Waals surface area contributed by atoms with Gasteiger partial charge in [-0.1, -0.05) is 24.3 Å². The molecule has 1 atom stereocenters. The maximum Gasteiger partial charge on any atom is 0.253 e. The number of piperidine rings is 1. The summed E-state index contributed by atoms with van der Waals surface area (Å²) in [6.45, 7) is 2.14. The van der Waals surface area contributed by atoms with Crippen molar-refractivity contribution in [1.29, 1.82) is 0 Å². The normalized spacial score (nSPS) is 16.2.